The molecule has 5 nitrogen and oxygen atoms in total. The molecule has 0 heterocycles. The summed E-state index contributed by atoms with van der Waals surface area (Å²) in [6.07, 6.45) is 1.01. The van der Waals surface area contributed by atoms with Gasteiger partial charge in [0.15, 0.2) is 0 Å². The zero-order chi connectivity index (χ0) is 15.1. The smallest absolute Gasteiger partial charge is 0.340 e. The molecule has 3 N–H and O–H groups in total. The van der Waals surface area contributed by atoms with E-state index in [1.807, 2.05) is 6.07 Å². The summed E-state index contributed by atoms with van der Waals surface area (Å²) in [5.74, 6) is -0.411. The molecule has 0 saturated carbocycles. The molecule has 20 heavy (non-hydrogen) atoms. The molecular weight excluding hydrogens is 254 g/mol. The second-order valence-corrected chi connectivity index (χ2v) is 5.11. The maximum Gasteiger partial charge on any atom is 0.340 e. The van der Waals surface area contributed by atoms with E-state index in [0.717, 1.165) is 25.2 Å². The molecule has 0 aliphatic carbocycles. The average Bonchev–Trinajstić information content (AvgIpc) is 2.43. The summed E-state index contributed by atoms with van der Waals surface area (Å²) in [4.78, 5) is 13.8. The Labute approximate surface area is 121 Å². The molecule has 1 aromatic carbocycles. The lowest BCUT2D eigenvalue weighted by atomic mass is 10.1. The Balaban J connectivity index is 2.55. The third-order valence-corrected chi connectivity index (χ3v) is 3.40. The summed E-state index contributed by atoms with van der Waals surface area (Å²) in [7, 11) is 3.46. The van der Waals surface area contributed by atoms with Crippen LogP contribution in [0, 0.1) is 0 Å². The van der Waals surface area contributed by atoms with E-state index in [9.17, 15) is 4.79 Å². The Morgan fingerprint density at radius 1 is 1.45 bits per heavy atom. The van der Waals surface area contributed by atoms with Gasteiger partial charge in [-0.05, 0) is 46.0 Å². The summed E-state index contributed by atoms with van der Waals surface area (Å²) < 4.78 is 4.70. The van der Waals surface area contributed by atoms with Gasteiger partial charge < -0.3 is 20.7 Å². The molecular formula is C15H25N3O2. The van der Waals surface area contributed by atoms with Gasteiger partial charge >= 0.3 is 5.97 Å². The van der Waals surface area contributed by atoms with E-state index in [-0.39, 0.29) is 0 Å². The normalized spacial score (nSPS) is 10.9. The number of para-hydroxylation sites is 1. The lowest BCUT2D eigenvalue weighted by Crippen LogP contribution is -2.28. The highest BCUT2D eigenvalue weighted by Crippen LogP contribution is 2.23. The van der Waals surface area contributed by atoms with Crippen LogP contribution >= 0.6 is 0 Å². The number of benzene rings is 1. The van der Waals surface area contributed by atoms with Gasteiger partial charge in [-0.15, -0.1) is 0 Å². The number of carbonyl (C=O) groups is 1. The fourth-order valence-corrected chi connectivity index (χ4v) is 1.82. The molecule has 5 heteroatoms. The van der Waals surface area contributed by atoms with Crippen molar-refractivity contribution >= 4 is 17.3 Å². The summed E-state index contributed by atoms with van der Waals surface area (Å²) >= 11 is 0. The van der Waals surface area contributed by atoms with Crippen LogP contribution in [0.4, 0.5) is 11.4 Å². The lowest BCUT2D eigenvalue weighted by Gasteiger charge is -2.21. The van der Waals surface area contributed by atoms with Crippen molar-refractivity contribution in [3.05, 3.63) is 23.8 Å². The molecule has 1 aromatic rings. The number of rotatable bonds is 7. The number of nitrogen functional groups attached to an aromatic ring is 1. The molecule has 0 aliphatic rings. The zero-order valence-corrected chi connectivity index (χ0v) is 12.8. The van der Waals surface area contributed by atoms with Crippen LogP contribution in [0.5, 0.6) is 0 Å². The quantitative estimate of drug-likeness (QED) is 0.455. The van der Waals surface area contributed by atoms with Gasteiger partial charge in [0, 0.05) is 12.6 Å². The van der Waals surface area contributed by atoms with E-state index < -0.39 is 5.97 Å². The molecule has 0 atom stereocenters. The van der Waals surface area contributed by atoms with E-state index in [4.69, 9.17) is 10.5 Å². The first-order valence-electron chi connectivity index (χ1n) is 6.88. The standard InChI is InChI=1S/C15H25N3O2/c1-11(2)18(3)10-6-9-17-13-8-5-7-12(14(13)16)15(19)20-4/h5,7-8,11,17H,6,9-10,16H2,1-4H3. The summed E-state index contributed by atoms with van der Waals surface area (Å²) in [5.41, 5.74) is 7.60. The number of carbonyl (C=O) groups excluding carboxylic acids is 1. The van der Waals surface area contributed by atoms with Crippen LogP contribution in [0.2, 0.25) is 0 Å². The molecule has 0 bridgehead atoms. The minimum absolute atomic E-state index is 0.400. The largest absolute Gasteiger partial charge is 0.465 e. The molecule has 0 spiro atoms. The fourth-order valence-electron chi connectivity index (χ4n) is 1.82. The Bertz CT molecular complexity index is 447. The van der Waals surface area contributed by atoms with Crippen LogP contribution in [-0.2, 0) is 4.74 Å². The zero-order valence-electron chi connectivity index (χ0n) is 12.8. The molecule has 0 saturated heterocycles. The van der Waals surface area contributed by atoms with E-state index in [2.05, 4.69) is 31.1 Å². The number of hydrogen-bond acceptors (Lipinski definition) is 5. The van der Waals surface area contributed by atoms with E-state index >= 15 is 0 Å². The van der Waals surface area contributed by atoms with E-state index in [0.29, 0.717) is 17.3 Å². The molecule has 112 valence electrons. The maximum atomic E-state index is 11.5. The van der Waals surface area contributed by atoms with Gasteiger partial charge in [0.1, 0.15) is 0 Å². The predicted molar refractivity (Wildman–Crippen MR) is 83.1 cm³/mol. The number of methoxy groups -OCH3 is 1. The number of hydrogen-bond donors (Lipinski definition) is 2. The lowest BCUT2D eigenvalue weighted by molar-refractivity contribution is 0.0602. The monoisotopic (exact) mass is 279 g/mol. The first-order valence-corrected chi connectivity index (χ1v) is 6.88. The third kappa shape index (κ3) is 4.42. The van der Waals surface area contributed by atoms with Gasteiger partial charge in [-0.1, -0.05) is 6.07 Å². The first kappa shape index (κ1) is 16.3. The topological polar surface area (TPSA) is 67.6 Å². The highest BCUT2D eigenvalue weighted by Gasteiger charge is 2.12. The number of nitrogens with one attached hydrogen (secondary N) is 1. The number of anilines is 2. The maximum absolute atomic E-state index is 11.5. The predicted octanol–water partition coefficient (Wildman–Crippen LogP) is 2.20. The highest BCUT2D eigenvalue weighted by molar-refractivity contribution is 5.98. The van der Waals surface area contributed by atoms with Crippen LogP contribution in [0.1, 0.15) is 30.6 Å². The van der Waals surface area contributed by atoms with Crippen LogP contribution in [0.25, 0.3) is 0 Å². The van der Waals surface area contributed by atoms with Gasteiger partial charge in [-0.3, -0.25) is 0 Å². The fraction of sp³-hybridized carbons (Fsp3) is 0.533. The Kier molecular flexibility index (Phi) is 6.31. The minimum atomic E-state index is -0.411. The van der Waals surface area contributed by atoms with Crippen LogP contribution in [-0.4, -0.2) is 44.2 Å². The van der Waals surface area contributed by atoms with Crippen molar-refractivity contribution in [1.29, 1.82) is 0 Å². The van der Waals surface area contributed by atoms with Gasteiger partial charge in [0.05, 0.1) is 24.0 Å². The SMILES string of the molecule is COC(=O)c1cccc(NCCCN(C)C(C)C)c1N. The van der Waals surface area contributed by atoms with Crippen molar-refractivity contribution in [3.63, 3.8) is 0 Å². The number of nitrogens with zero attached hydrogens (tertiary/aromatic N) is 1. The van der Waals surface area contributed by atoms with Gasteiger partial charge in [-0.25, -0.2) is 4.79 Å². The molecule has 0 fully saturated rings. The Morgan fingerprint density at radius 3 is 2.75 bits per heavy atom. The molecule has 1 rings (SSSR count). The number of esters is 1. The second-order valence-electron chi connectivity index (χ2n) is 5.11. The molecule has 0 aromatic heterocycles. The Morgan fingerprint density at radius 2 is 2.15 bits per heavy atom. The third-order valence-electron chi connectivity index (χ3n) is 3.40. The van der Waals surface area contributed by atoms with Gasteiger partial charge in [0.2, 0.25) is 0 Å². The number of nitrogens with two attached hydrogens (primary N) is 1. The first-order chi connectivity index (χ1) is 9.47. The van der Waals surface area contributed by atoms with Crippen molar-refractivity contribution in [2.45, 2.75) is 26.3 Å². The minimum Gasteiger partial charge on any atom is -0.465 e. The molecule has 0 aliphatic heterocycles. The van der Waals surface area contributed by atoms with E-state index in [1.165, 1.54) is 7.11 Å². The van der Waals surface area contributed by atoms with Crippen molar-refractivity contribution in [2.24, 2.45) is 0 Å². The van der Waals surface area contributed by atoms with Crippen molar-refractivity contribution in [3.8, 4) is 0 Å². The van der Waals surface area contributed by atoms with Gasteiger partial charge in [-0.2, -0.15) is 0 Å². The van der Waals surface area contributed by atoms with Crippen LogP contribution < -0.4 is 11.1 Å². The summed E-state index contributed by atoms with van der Waals surface area (Å²) in [6, 6.07) is 5.88. The number of ether oxygens (including phenoxy) is 1. The Hall–Kier alpha value is -1.75. The van der Waals surface area contributed by atoms with Crippen molar-refractivity contribution in [2.75, 3.05) is 38.3 Å². The average molecular weight is 279 g/mol. The molecule has 0 amide bonds. The van der Waals surface area contributed by atoms with E-state index in [1.54, 1.807) is 12.1 Å². The van der Waals surface area contributed by atoms with Crippen LogP contribution in [0.15, 0.2) is 18.2 Å². The van der Waals surface area contributed by atoms with Crippen molar-refractivity contribution < 1.29 is 9.53 Å². The highest BCUT2D eigenvalue weighted by atomic mass is 16.5. The second kappa shape index (κ2) is 7.75. The molecule has 0 unspecified atom stereocenters. The van der Waals surface area contributed by atoms with Crippen molar-refractivity contribution in [1.82, 2.24) is 4.90 Å². The summed E-state index contributed by atoms with van der Waals surface area (Å²) in [6.45, 7) is 6.17. The van der Waals surface area contributed by atoms with Crippen LogP contribution in [0.3, 0.4) is 0 Å². The summed E-state index contributed by atoms with van der Waals surface area (Å²) in [5, 5.41) is 3.27. The molecule has 0 radical (unpaired) electrons. The van der Waals surface area contributed by atoms with Gasteiger partial charge in [0.25, 0.3) is 0 Å².